The first-order valence-corrected chi connectivity index (χ1v) is 9.86. The number of nitrogens with zero attached hydrogens (tertiary/aromatic N) is 2. The molecular weight excluding hydrogens is 350 g/mol. The molecule has 0 unspecified atom stereocenters. The zero-order chi connectivity index (χ0) is 18.7. The first-order valence-electron chi connectivity index (χ1n) is 8.42. The summed E-state index contributed by atoms with van der Waals surface area (Å²) >= 11 is 0. The Morgan fingerprint density at radius 1 is 1.08 bits per heavy atom. The zero-order valence-electron chi connectivity index (χ0n) is 14.8. The third kappa shape index (κ3) is 3.73. The minimum Gasteiger partial charge on any atom is -0.456 e. The van der Waals surface area contributed by atoms with Crippen molar-refractivity contribution in [3.63, 3.8) is 0 Å². The summed E-state index contributed by atoms with van der Waals surface area (Å²) < 4.78 is 33.6. The molecule has 0 spiro atoms. The van der Waals surface area contributed by atoms with Crippen molar-refractivity contribution in [2.24, 2.45) is 0 Å². The predicted molar refractivity (Wildman–Crippen MR) is 98.8 cm³/mol. The Morgan fingerprint density at radius 2 is 1.81 bits per heavy atom. The molecule has 0 bridgehead atoms. The molecule has 3 rings (SSSR count). The second-order valence-electron chi connectivity index (χ2n) is 6.30. The number of sulfonamides is 1. The number of rotatable bonds is 4. The minimum absolute atomic E-state index is 0.0272. The maximum Gasteiger partial charge on any atom is 0.246 e. The zero-order valence-corrected chi connectivity index (χ0v) is 15.6. The van der Waals surface area contributed by atoms with E-state index in [-0.39, 0.29) is 16.2 Å². The van der Waals surface area contributed by atoms with E-state index < -0.39 is 10.0 Å². The highest BCUT2D eigenvalue weighted by Crippen LogP contribution is 2.33. The van der Waals surface area contributed by atoms with Crippen molar-refractivity contribution < 1.29 is 13.2 Å². The van der Waals surface area contributed by atoms with Gasteiger partial charge in [-0.25, -0.2) is 8.42 Å². The summed E-state index contributed by atoms with van der Waals surface area (Å²) in [6, 6.07) is 12.3. The van der Waals surface area contributed by atoms with E-state index in [4.69, 9.17) is 4.74 Å². The summed E-state index contributed by atoms with van der Waals surface area (Å²) in [6.07, 6.45) is 0. The molecule has 2 aromatic carbocycles. The van der Waals surface area contributed by atoms with Crippen LogP contribution < -0.4 is 10.1 Å². The van der Waals surface area contributed by atoms with Crippen LogP contribution >= 0.6 is 0 Å². The lowest BCUT2D eigenvalue weighted by atomic mass is 10.1. The molecule has 26 heavy (non-hydrogen) atoms. The Bertz CT molecular complexity index is 958. The summed E-state index contributed by atoms with van der Waals surface area (Å²) in [6.45, 7) is 5.84. The van der Waals surface area contributed by atoms with Crippen molar-refractivity contribution in [2.75, 3.05) is 26.2 Å². The average molecular weight is 371 g/mol. The first kappa shape index (κ1) is 18.4. The number of hydrogen-bond acceptors (Lipinski definition) is 5. The Labute approximate surface area is 154 Å². The van der Waals surface area contributed by atoms with Gasteiger partial charge in [0.05, 0.1) is 11.6 Å². The molecule has 1 aliphatic rings. The number of aryl methyl sites for hydroxylation is 2. The van der Waals surface area contributed by atoms with Gasteiger partial charge in [0, 0.05) is 26.2 Å². The van der Waals surface area contributed by atoms with Crippen molar-refractivity contribution >= 4 is 10.0 Å². The van der Waals surface area contributed by atoms with Crippen LogP contribution in [-0.4, -0.2) is 38.9 Å². The van der Waals surface area contributed by atoms with Crippen LogP contribution in [0.5, 0.6) is 11.5 Å². The second-order valence-corrected chi connectivity index (χ2v) is 8.20. The molecule has 1 N–H and O–H groups in total. The minimum atomic E-state index is -3.75. The van der Waals surface area contributed by atoms with Gasteiger partial charge in [-0.2, -0.15) is 9.57 Å². The number of piperazine rings is 1. The molecular formula is C19H21N3O3S. The Morgan fingerprint density at radius 3 is 2.50 bits per heavy atom. The monoisotopic (exact) mass is 371 g/mol. The van der Waals surface area contributed by atoms with E-state index in [1.807, 2.05) is 38.1 Å². The Hall–Kier alpha value is -2.40. The van der Waals surface area contributed by atoms with Gasteiger partial charge < -0.3 is 10.1 Å². The lowest BCUT2D eigenvalue weighted by Crippen LogP contribution is -2.46. The third-order valence-electron chi connectivity index (χ3n) is 4.33. The number of nitrogens with one attached hydrogen (secondary N) is 1. The van der Waals surface area contributed by atoms with Crippen LogP contribution in [-0.2, 0) is 10.0 Å². The molecule has 1 saturated heterocycles. The normalized spacial score (nSPS) is 15.4. The lowest BCUT2D eigenvalue weighted by Gasteiger charge is -2.27. The fourth-order valence-corrected chi connectivity index (χ4v) is 4.40. The molecule has 0 aliphatic carbocycles. The van der Waals surface area contributed by atoms with E-state index in [0.717, 1.165) is 11.1 Å². The number of benzene rings is 2. The van der Waals surface area contributed by atoms with Gasteiger partial charge >= 0.3 is 0 Å². The summed E-state index contributed by atoms with van der Waals surface area (Å²) in [5.41, 5.74) is 2.21. The van der Waals surface area contributed by atoms with Crippen LogP contribution in [0.15, 0.2) is 41.3 Å². The van der Waals surface area contributed by atoms with E-state index >= 15 is 0 Å². The average Bonchev–Trinajstić information content (AvgIpc) is 2.65. The van der Waals surface area contributed by atoms with Crippen LogP contribution in [0.4, 0.5) is 0 Å². The van der Waals surface area contributed by atoms with Gasteiger partial charge in [-0.05, 0) is 49.2 Å². The van der Waals surface area contributed by atoms with E-state index in [0.29, 0.717) is 31.9 Å². The molecule has 1 fully saturated rings. The fourth-order valence-electron chi connectivity index (χ4n) is 2.82. The van der Waals surface area contributed by atoms with Gasteiger partial charge in [-0.15, -0.1) is 0 Å². The van der Waals surface area contributed by atoms with Crippen molar-refractivity contribution in [3.05, 3.63) is 53.1 Å². The second kappa shape index (κ2) is 7.46. The quantitative estimate of drug-likeness (QED) is 0.893. The highest BCUT2D eigenvalue weighted by atomic mass is 32.2. The lowest BCUT2D eigenvalue weighted by molar-refractivity contribution is 0.358. The topological polar surface area (TPSA) is 82.4 Å². The number of hydrogen-bond donors (Lipinski definition) is 1. The van der Waals surface area contributed by atoms with E-state index in [1.165, 1.54) is 10.4 Å². The number of nitriles is 1. The maximum atomic E-state index is 13.1. The maximum absolute atomic E-state index is 13.1. The molecule has 7 heteroatoms. The highest BCUT2D eigenvalue weighted by Gasteiger charge is 2.29. The van der Waals surface area contributed by atoms with Gasteiger partial charge in [0.2, 0.25) is 10.0 Å². The Kier molecular flexibility index (Phi) is 5.28. The third-order valence-corrected chi connectivity index (χ3v) is 6.25. The summed E-state index contributed by atoms with van der Waals surface area (Å²) in [5.74, 6) is 0.836. The van der Waals surface area contributed by atoms with Crippen LogP contribution in [0.25, 0.3) is 0 Å². The van der Waals surface area contributed by atoms with Gasteiger partial charge in [0.25, 0.3) is 0 Å². The van der Waals surface area contributed by atoms with Crippen LogP contribution in [0.1, 0.15) is 16.7 Å². The molecule has 2 aromatic rings. The fraction of sp³-hybridized carbons (Fsp3) is 0.316. The summed E-state index contributed by atoms with van der Waals surface area (Å²) in [7, 11) is -3.75. The van der Waals surface area contributed by atoms with E-state index in [2.05, 4.69) is 5.32 Å². The largest absolute Gasteiger partial charge is 0.456 e. The number of ether oxygens (including phenoxy) is 1. The molecule has 0 radical (unpaired) electrons. The predicted octanol–water partition coefficient (Wildman–Crippen LogP) is 2.56. The van der Waals surface area contributed by atoms with Crippen molar-refractivity contribution in [3.8, 4) is 17.6 Å². The molecule has 1 aliphatic heterocycles. The molecule has 0 amide bonds. The summed E-state index contributed by atoms with van der Waals surface area (Å²) in [4.78, 5) is 0.0272. The first-order chi connectivity index (χ1) is 12.4. The van der Waals surface area contributed by atoms with Gasteiger partial charge in [-0.1, -0.05) is 12.1 Å². The van der Waals surface area contributed by atoms with E-state index in [9.17, 15) is 13.7 Å². The van der Waals surface area contributed by atoms with Gasteiger partial charge in [0.1, 0.15) is 16.4 Å². The van der Waals surface area contributed by atoms with Gasteiger partial charge in [-0.3, -0.25) is 0 Å². The molecule has 1 heterocycles. The molecule has 0 atom stereocenters. The molecule has 0 saturated carbocycles. The van der Waals surface area contributed by atoms with Crippen LogP contribution in [0.2, 0.25) is 0 Å². The smallest absolute Gasteiger partial charge is 0.246 e. The van der Waals surface area contributed by atoms with Crippen LogP contribution in [0, 0.1) is 25.2 Å². The van der Waals surface area contributed by atoms with Crippen molar-refractivity contribution in [1.29, 1.82) is 5.26 Å². The standard InChI is InChI=1S/C19H21N3O3S/c1-14-3-4-15(2)18(11-14)25-17-6-5-16(13-20)12-19(17)26(23,24)22-9-7-21-8-10-22/h3-6,11-12,21H,7-10H2,1-2H3. The van der Waals surface area contributed by atoms with Gasteiger partial charge in [0.15, 0.2) is 0 Å². The SMILES string of the molecule is Cc1ccc(C)c(Oc2ccc(C#N)cc2S(=O)(=O)N2CCNCC2)c1. The van der Waals surface area contributed by atoms with E-state index in [1.54, 1.807) is 12.1 Å². The molecule has 6 nitrogen and oxygen atoms in total. The van der Waals surface area contributed by atoms with Crippen molar-refractivity contribution in [1.82, 2.24) is 9.62 Å². The molecule has 136 valence electrons. The highest BCUT2D eigenvalue weighted by molar-refractivity contribution is 7.89. The van der Waals surface area contributed by atoms with Crippen molar-refractivity contribution in [2.45, 2.75) is 18.7 Å². The summed E-state index contributed by atoms with van der Waals surface area (Å²) in [5, 5.41) is 12.3. The van der Waals surface area contributed by atoms with Crippen LogP contribution in [0.3, 0.4) is 0 Å². The Balaban J connectivity index is 2.06. The molecule has 0 aromatic heterocycles.